The molecule has 120 valence electrons. The molecule has 2 aromatic rings. The lowest BCUT2D eigenvalue weighted by Crippen LogP contribution is -2.33. The topological polar surface area (TPSA) is 53.4 Å². The van der Waals surface area contributed by atoms with Crippen molar-refractivity contribution in [3.63, 3.8) is 0 Å². The van der Waals surface area contributed by atoms with E-state index in [-0.39, 0.29) is 11.9 Å². The van der Waals surface area contributed by atoms with Crippen LogP contribution in [0.15, 0.2) is 42.5 Å². The lowest BCUT2D eigenvalue weighted by Gasteiger charge is -2.23. The number of benzene rings is 1. The Morgan fingerprint density at radius 3 is 2.87 bits per heavy atom. The average molecular weight is 331 g/mol. The number of likely N-dealkylation sites (tertiary alicyclic amines) is 1. The van der Waals surface area contributed by atoms with Crippen LogP contribution in [0.1, 0.15) is 35.8 Å². The van der Waals surface area contributed by atoms with E-state index in [1.54, 1.807) is 4.90 Å². The van der Waals surface area contributed by atoms with Gasteiger partial charge >= 0.3 is 0 Å². The lowest BCUT2D eigenvalue weighted by atomic mass is 10.1. The molecule has 1 aliphatic rings. The summed E-state index contributed by atoms with van der Waals surface area (Å²) in [5.74, 6) is -0.231. The van der Waals surface area contributed by atoms with E-state index in [0.717, 1.165) is 34.8 Å². The maximum Gasteiger partial charge on any atom is 0.248 e. The molecular formula is C18H19ClN2O2. The zero-order valence-electron chi connectivity index (χ0n) is 12.8. The Balaban J connectivity index is 1.82. The Morgan fingerprint density at radius 2 is 2.09 bits per heavy atom. The molecule has 1 aromatic carbocycles. The molecule has 5 heteroatoms. The molecule has 1 amide bonds. The van der Waals surface area contributed by atoms with Crippen LogP contribution >= 0.6 is 11.6 Å². The van der Waals surface area contributed by atoms with Gasteiger partial charge in [-0.3, -0.25) is 9.78 Å². The molecular weight excluding hydrogens is 312 g/mol. The summed E-state index contributed by atoms with van der Waals surface area (Å²) in [4.78, 5) is 18.3. The fourth-order valence-corrected chi connectivity index (χ4v) is 3.29. The van der Waals surface area contributed by atoms with Crippen molar-refractivity contribution in [2.75, 3.05) is 13.2 Å². The number of aromatic nitrogens is 1. The molecule has 1 fully saturated rings. The second kappa shape index (κ2) is 7.11. The molecule has 2 heterocycles. The van der Waals surface area contributed by atoms with Crippen LogP contribution in [-0.2, 0) is 11.2 Å². The molecule has 0 bridgehead atoms. The highest BCUT2D eigenvalue weighted by Crippen LogP contribution is 2.31. The van der Waals surface area contributed by atoms with Crippen LogP contribution in [0.25, 0.3) is 0 Å². The maximum atomic E-state index is 11.8. The van der Waals surface area contributed by atoms with Crippen molar-refractivity contribution < 1.29 is 9.90 Å². The van der Waals surface area contributed by atoms with Gasteiger partial charge in [0.15, 0.2) is 0 Å². The molecule has 1 saturated heterocycles. The number of aliphatic hydroxyl groups excluding tert-OH is 1. The van der Waals surface area contributed by atoms with Gasteiger partial charge < -0.3 is 10.0 Å². The Bertz CT molecular complexity index is 705. The van der Waals surface area contributed by atoms with Crippen LogP contribution in [0.5, 0.6) is 0 Å². The normalized spacial score (nSPS) is 17.5. The second-order valence-electron chi connectivity index (χ2n) is 5.73. The van der Waals surface area contributed by atoms with E-state index >= 15 is 0 Å². The highest BCUT2D eigenvalue weighted by Gasteiger charge is 2.30. The van der Waals surface area contributed by atoms with E-state index in [2.05, 4.69) is 0 Å². The van der Waals surface area contributed by atoms with Gasteiger partial charge in [-0.05, 0) is 36.6 Å². The number of amides is 1. The first kappa shape index (κ1) is 16.0. The zero-order chi connectivity index (χ0) is 16.2. The van der Waals surface area contributed by atoms with E-state index in [9.17, 15) is 4.79 Å². The van der Waals surface area contributed by atoms with Gasteiger partial charge in [0.2, 0.25) is 5.91 Å². The Labute approximate surface area is 140 Å². The number of halogens is 1. The van der Waals surface area contributed by atoms with Crippen LogP contribution in [0.4, 0.5) is 0 Å². The monoisotopic (exact) mass is 330 g/mol. The van der Waals surface area contributed by atoms with Crippen molar-refractivity contribution in [2.24, 2.45) is 0 Å². The van der Waals surface area contributed by atoms with Crippen molar-refractivity contribution in [2.45, 2.75) is 25.3 Å². The molecule has 23 heavy (non-hydrogen) atoms. The second-order valence-corrected chi connectivity index (χ2v) is 6.13. The summed E-state index contributed by atoms with van der Waals surface area (Å²) in [6.45, 7) is 0.232. The van der Waals surface area contributed by atoms with Crippen LogP contribution < -0.4 is 0 Å². The Morgan fingerprint density at radius 1 is 1.26 bits per heavy atom. The summed E-state index contributed by atoms with van der Waals surface area (Å²) < 4.78 is 0. The van der Waals surface area contributed by atoms with Crippen LogP contribution in [0, 0.1) is 0 Å². The highest BCUT2D eigenvalue weighted by atomic mass is 35.5. The molecule has 1 aliphatic heterocycles. The SMILES string of the molecule is O=C(CO)N1CCCC1c1cccc(Cc2ccccc2Cl)n1. The highest BCUT2D eigenvalue weighted by molar-refractivity contribution is 6.31. The molecule has 1 unspecified atom stereocenters. The molecule has 0 saturated carbocycles. The Hall–Kier alpha value is -1.91. The number of rotatable bonds is 4. The largest absolute Gasteiger partial charge is 0.387 e. The number of hydrogen-bond acceptors (Lipinski definition) is 3. The minimum atomic E-state index is -0.449. The summed E-state index contributed by atoms with van der Waals surface area (Å²) in [5, 5.41) is 9.85. The van der Waals surface area contributed by atoms with Gasteiger partial charge in [0.1, 0.15) is 6.61 Å². The van der Waals surface area contributed by atoms with Gasteiger partial charge in [0.25, 0.3) is 0 Å². The van der Waals surface area contributed by atoms with Crippen LogP contribution in [-0.4, -0.2) is 34.0 Å². The zero-order valence-corrected chi connectivity index (χ0v) is 13.5. The van der Waals surface area contributed by atoms with Crippen LogP contribution in [0.2, 0.25) is 5.02 Å². The average Bonchev–Trinajstić information content (AvgIpc) is 3.06. The molecule has 3 rings (SSSR count). The number of pyridine rings is 1. The minimum absolute atomic E-state index is 0.0409. The van der Waals surface area contributed by atoms with Gasteiger partial charge in [-0.15, -0.1) is 0 Å². The van der Waals surface area contributed by atoms with E-state index in [1.165, 1.54) is 0 Å². The minimum Gasteiger partial charge on any atom is -0.387 e. The molecule has 0 radical (unpaired) electrons. The van der Waals surface area contributed by atoms with Gasteiger partial charge in [0, 0.05) is 23.7 Å². The summed E-state index contributed by atoms with van der Waals surface area (Å²) in [7, 11) is 0. The maximum absolute atomic E-state index is 11.8. The first-order chi connectivity index (χ1) is 11.2. The molecule has 1 atom stereocenters. The first-order valence-electron chi connectivity index (χ1n) is 7.78. The van der Waals surface area contributed by atoms with Gasteiger partial charge in [-0.1, -0.05) is 35.9 Å². The Kier molecular flexibility index (Phi) is 4.94. The predicted octanol–water partition coefficient (Wildman–Crippen LogP) is 2.98. The number of nitrogens with zero attached hydrogens (tertiary/aromatic N) is 2. The molecule has 4 nitrogen and oxygen atoms in total. The van der Waals surface area contributed by atoms with Gasteiger partial charge in [-0.2, -0.15) is 0 Å². The third-order valence-electron chi connectivity index (χ3n) is 4.21. The third kappa shape index (κ3) is 3.54. The van der Waals surface area contributed by atoms with E-state index < -0.39 is 6.61 Å². The smallest absolute Gasteiger partial charge is 0.248 e. The van der Waals surface area contributed by atoms with E-state index in [0.29, 0.717) is 13.0 Å². The van der Waals surface area contributed by atoms with Gasteiger partial charge in [-0.25, -0.2) is 0 Å². The quantitative estimate of drug-likeness (QED) is 0.937. The van der Waals surface area contributed by atoms with Crippen LogP contribution in [0.3, 0.4) is 0 Å². The molecule has 1 N–H and O–H groups in total. The standard InChI is InChI=1S/C18H19ClN2O2/c19-15-7-2-1-5-13(15)11-14-6-3-8-16(20-14)17-9-4-10-21(17)18(23)12-22/h1-3,5-8,17,22H,4,9-12H2. The van der Waals surface area contributed by atoms with Gasteiger partial charge in [0.05, 0.1) is 11.7 Å². The number of carbonyl (C=O) groups is 1. The van der Waals surface area contributed by atoms with Crippen molar-refractivity contribution in [3.05, 3.63) is 64.4 Å². The van der Waals surface area contributed by atoms with Crippen molar-refractivity contribution in [1.82, 2.24) is 9.88 Å². The molecule has 1 aromatic heterocycles. The number of carbonyl (C=O) groups excluding carboxylic acids is 1. The fraction of sp³-hybridized carbons (Fsp3) is 0.333. The lowest BCUT2D eigenvalue weighted by molar-refractivity contribution is -0.135. The van der Waals surface area contributed by atoms with Crippen molar-refractivity contribution >= 4 is 17.5 Å². The predicted molar refractivity (Wildman–Crippen MR) is 89.3 cm³/mol. The summed E-state index contributed by atoms with van der Waals surface area (Å²) in [6.07, 6.45) is 2.48. The molecule has 0 spiro atoms. The number of aliphatic hydroxyl groups is 1. The summed E-state index contributed by atoms with van der Waals surface area (Å²) >= 11 is 6.22. The van der Waals surface area contributed by atoms with E-state index in [1.807, 2.05) is 42.5 Å². The number of hydrogen-bond donors (Lipinski definition) is 1. The third-order valence-corrected chi connectivity index (χ3v) is 4.58. The summed E-state index contributed by atoms with van der Waals surface area (Å²) in [5.41, 5.74) is 2.85. The first-order valence-corrected chi connectivity index (χ1v) is 8.16. The van der Waals surface area contributed by atoms with Crippen molar-refractivity contribution in [1.29, 1.82) is 0 Å². The van der Waals surface area contributed by atoms with Crippen molar-refractivity contribution in [3.8, 4) is 0 Å². The molecule has 0 aliphatic carbocycles. The fourth-order valence-electron chi connectivity index (χ4n) is 3.08. The summed E-state index contributed by atoms with van der Waals surface area (Å²) in [6, 6.07) is 13.6. The van der Waals surface area contributed by atoms with E-state index in [4.69, 9.17) is 21.7 Å².